The standard InChI is InChI=1S/C18H18N2O3S/c19-17(21)13-3-1-5-14-12(13)4-2-7-20(14)18(22)16-9-11-10-23-8-6-15(11)24-16/h1,3,5,9H,2,4,6-8,10H2,(H2,19,21). The smallest absolute Gasteiger partial charge is 0.268 e. The molecule has 2 N–H and O–H groups in total. The summed E-state index contributed by atoms with van der Waals surface area (Å²) >= 11 is 1.56. The number of carbonyl (C=O) groups excluding carboxylic acids is 2. The second-order valence-corrected chi connectivity index (χ2v) is 7.23. The highest BCUT2D eigenvalue weighted by molar-refractivity contribution is 7.14. The first-order chi connectivity index (χ1) is 11.6. The van der Waals surface area contributed by atoms with Gasteiger partial charge in [0.15, 0.2) is 0 Å². The van der Waals surface area contributed by atoms with Gasteiger partial charge >= 0.3 is 0 Å². The Morgan fingerprint density at radius 2 is 2.12 bits per heavy atom. The second-order valence-electron chi connectivity index (χ2n) is 6.09. The molecule has 0 atom stereocenters. The first-order valence-electron chi connectivity index (χ1n) is 8.08. The molecule has 0 saturated heterocycles. The lowest BCUT2D eigenvalue weighted by molar-refractivity contribution is 0.0979. The van der Waals surface area contributed by atoms with Crippen molar-refractivity contribution in [2.45, 2.75) is 25.9 Å². The molecule has 1 aromatic heterocycles. The Morgan fingerprint density at radius 1 is 1.25 bits per heavy atom. The number of carbonyl (C=O) groups is 2. The van der Waals surface area contributed by atoms with E-state index >= 15 is 0 Å². The predicted octanol–water partition coefficient (Wildman–Crippen LogP) is 2.51. The summed E-state index contributed by atoms with van der Waals surface area (Å²) < 4.78 is 5.46. The van der Waals surface area contributed by atoms with Crippen LogP contribution < -0.4 is 10.6 Å². The number of nitrogens with two attached hydrogens (primary N) is 1. The van der Waals surface area contributed by atoms with E-state index in [9.17, 15) is 9.59 Å². The topological polar surface area (TPSA) is 72.6 Å². The molecule has 4 rings (SSSR count). The van der Waals surface area contributed by atoms with E-state index in [1.54, 1.807) is 28.4 Å². The summed E-state index contributed by atoms with van der Waals surface area (Å²) in [5.74, 6) is -0.443. The quantitative estimate of drug-likeness (QED) is 0.911. The Bertz CT molecular complexity index is 804. The number of hydrogen-bond acceptors (Lipinski definition) is 4. The molecule has 24 heavy (non-hydrogen) atoms. The van der Waals surface area contributed by atoms with E-state index in [1.807, 2.05) is 12.1 Å². The number of amides is 2. The van der Waals surface area contributed by atoms with Crippen molar-refractivity contribution in [3.8, 4) is 0 Å². The van der Waals surface area contributed by atoms with Crippen LogP contribution in [0.5, 0.6) is 0 Å². The van der Waals surface area contributed by atoms with Crippen molar-refractivity contribution < 1.29 is 14.3 Å². The molecule has 0 saturated carbocycles. The van der Waals surface area contributed by atoms with Crippen LogP contribution in [0, 0.1) is 0 Å². The van der Waals surface area contributed by atoms with Crippen LogP contribution in [-0.2, 0) is 24.2 Å². The monoisotopic (exact) mass is 342 g/mol. The fraction of sp³-hybridized carbons (Fsp3) is 0.333. The summed E-state index contributed by atoms with van der Waals surface area (Å²) in [7, 11) is 0. The molecule has 1 aromatic carbocycles. The van der Waals surface area contributed by atoms with Gasteiger partial charge in [0.05, 0.1) is 18.1 Å². The number of primary amides is 1. The number of thiophene rings is 1. The maximum absolute atomic E-state index is 13.0. The molecule has 0 bridgehead atoms. The first-order valence-corrected chi connectivity index (χ1v) is 8.89. The van der Waals surface area contributed by atoms with Crippen LogP contribution in [0.4, 0.5) is 5.69 Å². The number of rotatable bonds is 2. The number of benzene rings is 1. The average Bonchev–Trinajstić information content (AvgIpc) is 3.04. The van der Waals surface area contributed by atoms with E-state index in [1.165, 1.54) is 4.88 Å². The zero-order valence-corrected chi connectivity index (χ0v) is 14.0. The minimum Gasteiger partial charge on any atom is -0.376 e. The molecule has 0 radical (unpaired) electrons. The van der Waals surface area contributed by atoms with E-state index < -0.39 is 5.91 Å². The van der Waals surface area contributed by atoms with Crippen LogP contribution in [0.2, 0.25) is 0 Å². The number of ether oxygens (including phenoxy) is 1. The third kappa shape index (κ3) is 2.52. The molecule has 0 aliphatic carbocycles. The molecule has 2 aromatic rings. The van der Waals surface area contributed by atoms with Crippen LogP contribution in [-0.4, -0.2) is 25.0 Å². The van der Waals surface area contributed by atoms with Crippen molar-refractivity contribution >= 4 is 28.8 Å². The van der Waals surface area contributed by atoms with Gasteiger partial charge in [-0.05, 0) is 42.2 Å². The van der Waals surface area contributed by atoms with Gasteiger partial charge < -0.3 is 15.4 Å². The van der Waals surface area contributed by atoms with Gasteiger partial charge in [0.1, 0.15) is 0 Å². The Morgan fingerprint density at radius 3 is 2.92 bits per heavy atom. The van der Waals surface area contributed by atoms with Crippen molar-refractivity contribution in [1.29, 1.82) is 0 Å². The summed E-state index contributed by atoms with van der Waals surface area (Å²) in [4.78, 5) is 28.5. The maximum atomic E-state index is 13.0. The lowest BCUT2D eigenvalue weighted by Crippen LogP contribution is -2.36. The van der Waals surface area contributed by atoms with Gasteiger partial charge in [-0.1, -0.05) is 6.07 Å². The molecule has 3 heterocycles. The summed E-state index contributed by atoms with van der Waals surface area (Å²) in [6.07, 6.45) is 2.47. The van der Waals surface area contributed by atoms with Crippen molar-refractivity contribution in [2.75, 3.05) is 18.1 Å². The molecule has 0 fully saturated rings. The minimum absolute atomic E-state index is 0.00281. The third-order valence-corrected chi connectivity index (χ3v) is 5.82. The minimum atomic E-state index is -0.440. The van der Waals surface area contributed by atoms with Gasteiger partial charge in [-0.3, -0.25) is 9.59 Å². The normalized spacial score (nSPS) is 16.4. The fourth-order valence-electron chi connectivity index (χ4n) is 3.45. The lowest BCUT2D eigenvalue weighted by atomic mass is 9.95. The van der Waals surface area contributed by atoms with Gasteiger partial charge in [0.2, 0.25) is 5.91 Å². The second kappa shape index (κ2) is 6.03. The molecule has 0 unspecified atom stereocenters. The van der Waals surface area contributed by atoms with Gasteiger partial charge in [-0.2, -0.15) is 0 Å². The zero-order valence-electron chi connectivity index (χ0n) is 13.2. The Labute approximate surface area is 144 Å². The molecule has 124 valence electrons. The number of fused-ring (bicyclic) bond motifs is 2. The zero-order chi connectivity index (χ0) is 16.7. The molecule has 2 amide bonds. The lowest BCUT2D eigenvalue weighted by Gasteiger charge is -2.30. The molecule has 2 aliphatic heterocycles. The Balaban J connectivity index is 1.71. The van der Waals surface area contributed by atoms with Gasteiger partial charge in [-0.25, -0.2) is 0 Å². The molecular weight excluding hydrogens is 324 g/mol. The van der Waals surface area contributed by atoms with Crippen LogP contribution >= 0.6 is 11.3 Å². The van der Waals surface area contributed by atoms with E-state index in [0.29, 0.717) is 18.7 Å². The van der Waals surface area contributed by atoms with Crippen molar-refractivity contribution in [3.05, 3.63) is 50.7 Å². The molecule has 6 heteroatoms. The highest BCUT2D eigenvalue weighted by Gasteiger charge is 2.28. The molecular formula is C18H18N2O3S. The van der Waals surface area contributed by atoms with Gasteiger partial charge in [-0.15, -0.1) is 11.3 Å². The number of nitrogens with zero attached hydrogens (tertiary/aromatic N) is 1. The van der Waals surface area contributed by atoms with Crippen molar-refractivity contribution in [3.63, 3.8) is 0 Å². The highest BCUT2D eigenvalue weighted by Crippen LogP contribution is 2.33. The summed E-state index contributed by atoms with van der Waals surface area (Å²) in [6, 6.07) is 7.37. The summed E-state index contributed by atoms with van der Waals surface area (Å²) in [6.45, 7) is 1.96. The van der Waals surface area contributed by atoms with E-state index in [-0.39, 0.29) is 5.91 Å². The van der Waals surface area contributed by atoms with E-state index in [0.717, 1.165) is 47.6 Å². The average molecular weight is 342 g/mol. The molecule has 0 spiro atoms. The van der Waals surface area contributed by atoms with Crippen LogP contribution in [0.15, 0.2) is 24.3 Å². The van der Waals surface area contributed by atoms with Gasteiger partial charge in [0, 0.05) is 29.1 Å². The van der Waals surface area contributed by atoms with Crippen molar-refractivity contribution in [1.82, 2.24) is 0 Å². The van der Waals surface area contributed by atoms with E-state index in [2.05, 4.69) is 0 Å². The largest absolute Gasteiger partial charge is 0.376 e. The van der Waals surface area contributed by atoms with Crippen LogP contribution in [0.1, 0.15) is 42.5 Å². The van der Waals surface area contributed by atoms with Crippen LogP contribution in [0.3, 0.4) is 0 Å². The Hall–Kier alpha value is -2.18. The Kier molecular flexibility index (Phi) is 3.86. The predicted molar refractivity (Wildman–Crippen MR) is 92.6 cm³/mol. The summed E-state index contributed by atoms with van der Waals surface area (Å²) in [5.41, 5.74) is 8.82. The maximum Gasteiger partial charge on any atom is 0.268 e. The van der Waals surface area contributed by atoms with Crippen molar-refractivity contribution in [2.24, 2.45) is 5.73 Å². The van der Waals surface area contributed by atoms with Crippen LogP contribution in [0.25, 0.3) is 0 Å². The molecule has 2 aliphatic rings. The molecule has 5 nitrogen and oxygen atoms in total. The van der Waals surface area contributed by atoms with E-state index in [4.69, 9.17) is 10.5 Å². The number of anilines is 1. The first kappa shape index (κ1) is 15.4. The number of hydrogen-bond donors (Lipinski definition) is 1. The fourth-order valence-corrected chi connectivity index (χ4v) is 4.55. The SMILES string of the molecule is NC(=O)c1cccc2c1CCCN2C(=O)c1cc2c(s1)CCOC2. The van der Waals surface area contributed by atoms with Gasteiger partial charge in [0.25, 0.3) is 5.91 Å². The third-order valence-electron chi connectivity index (χ3n) is 4.60. The highest BCUT2D eigenvalue weighted by atomic mass is 32.1. The summed E-state index contributed by atoms with van der Waals surface area (Å²) in [5, 5.41) is 0.